The number of rotatable bonds is 4. The summed E-state index contributed by atoms with van der Waals surface area (Å²) < 4.78 is 10.1. The van der Waals surface area contributed by atoms with E-state index >= 15 is 0 Å². The van der Waals surface area contributed by atoms with Crippen molar-refractivity contribution in [2.24, 2.45) is 0 Å². The zero-order valence-electron chi connectivity index (χ0n) is 11.3. The van der Waals surface area contributed by atoms with Gasteiger partial charge in [-0.2, -0.15) is 0 Å². The molecular formula is C15H17NO3. The van der Waals surface area contributed by atoms with Crippen LogP contribution in [0.4, 0.5) is 5.69 Å². The Morgan fingerprint density at radius 3 is 2.74 bits per heavy atom. The molecule has 2 rings (SSSR count). The van der Waals surface area contributed by atoms with Gasteiger partial charge >= 0.3 is 5.97 Å². The fourth-order valence-corrected chi connectivity index (χ4v) is 1.85. The van der Waals surface area contributed by atoms with Crippen LogP contribution in [0.3, 0.4) is 0 Å². The maximum atomic E-state index is 11.7. The molecule has 0 atom stereocenters. The first-order chi connectivity index (χ1) is 9.11. The molecule has 1 N–H and O–H groups in total. The molecule has 0 saturated heterocycles. The Balaban J connectivity index is 2.20. The maximum absolute atomic E-state index is 11.7. The Hall–Kier alpha value is -2.23. The molecule has 0 aliphatic carbocycles. The number of carbonyl (C=O) groups is 1. The lowest BCUT2D eigenvalue weighted by Gasteiger charge is -2.11. The minimum Gasteiger partial charge on any atom is -0.467 e. The quantitative estimate of drug-likeness (QED) is 0.856. The van der Waals surface area contributed by atoms with Gasteiger partial charge in [-0.05, 0) is 37.6 Å². The number of methoxy groups -OCH3 is 1. The number of furan rings is 1. The largest absolute Gasteiger partial charge is 0.467 e. The van der Waals surface area contributed by atoms with Crippen molar-refractivity contribution in [3.8, 4) is 0 Å². The van der Waals surface area contributed by atoms with Crippen molar-refractivity contribution in [2.45, 2.75) is 20.4 Å². The lowest BCUT2D eigenvalue weighted by atomic mass is 10.1. The van der Waals surface area contributed by atoms with Crippen LogP contribution in [0.5, 0.6) is 0 Å². The third-order valence-electron chi connectivity index (χ3n) is 2.99. The Morgan fingerprint density at radius 2 is 2.11 bits per heavy atom. The molecular weight excluding hydrogens is 242 g/mol. The highest BCUT2D eigenvalue weighted by molar-refractivity contribution is 5.95. The molecule has 1 aromatic heterocycles. The van der Waals surface area contributed by atoms with Crippen molar-refractivity contribution in [3.63, 3.8) is 0 Å². The Bertz CT molecular complexity index is 587. The van der Waals surface area contributed by atoms with E-state index in [1.54, 1.807) is 6.26 Å². The lowest BCUT2D eigenvalue weighted by molar-refractivity contribution is 0.0601. The number of nitrogens with one attached hydrogen (secondary N) is 1. The Morgan fingerprint density at radius 1 is 1.32 bits per heavy atom. The predicted octanol–water partition coefficient (Wildman–Crippen LogP) is 3.30. The number of anilines is 1. The molecule has 2 aromatic rings. The molecule has 0 fully saturated rings. The SMILES string of the molecule is COC(=O)c1cc(C)ccc1NCc1occc1C. The highest BCUT2D eigenvalue weighted by Gasteiger charge is 2.12. The van der Waals surface area contributed by atoms with Gasteiger partial charge in [0.15, 0.2) is 0 Å². The smallest absolute Gasteiger partial charge is 0.339 e. The fourth-order valence-electron chi connectivity index (χ4n) is 1.85. The number of ether oxygens (including phenoxy) is 1. The average Bonchev–Trinajstić information content (AvgIpc) is 2.82. The number of benzene rings is 1. The summed E-state index contributed by atoms with van der Waals surface area (Å²) in [5.41, 5.74) is 3.37. The minimum absolute atomic E-state index is 0.345. The molecule has 0 unspecified atom stereocenters. The monoisotopic (exact) mass is 259 g/mol. The van der Waals surface area contributed by atoms with Gasteiger partial charge in [-0.3, -0.25) is 0 Å². The van der Waals surface area contributed by atoms with E-state index in [9.17, 15) is 4.79 Å². The van der Waals surface area contributed by atoms with Crippen LogP contribution in [0.15, 0.2) is 34.9 Å². The third kappa shape index (κ3) is 2.96. The van der Waals surface area contributed by atoms with Gasteiger partial charge in [0.05, 0.1) is 25.5 Å². The molecule has 0 aliphatic rings. The van der Waals surface area contributed by atoms with E-state index in [1.807, 2.05) is 38.1 Å². The maximum Gasteiger partial charge on any atom is 0.339 e. The van der Waals surface area contributed by atoms with Gasteiger partial charge in [0, 0.05) is 5.69 Å². The molecule has 0 spiro atoms. The molecule has 1 heterocycles. The molecule has 0 bridgehead atoms. The summed E-state index contributed by atoms with van der Waals surface area (Å²) in [6.45, 7) is 4.45. The zero-order chi connectivity index (χ0) is 13.8. The van der Waals surface area contributed by atoms with Crippen LogP contribution in [0, 0.1) is 13.8 Å². The fraction of sp³-hybridized carbons (Fsp3) is 0.267. The van der Waals surface area contributed by atoms with Gasteiger partial charge in [0.1, 0.15) is 5.76 Å². The summed E-state index contributed by atoms with van der Waals surface area (Å²) in [7, 11) is 1.38. The highest BCUT2D eigenvalue weighted by Crippen LogP contribution is 2.20. The highest BCUT2D eigenvalue weighted by atomic mass is 16.5. The third-order valence-corrected chi connectivity index (χ3v) is 2.99. The van der Waals surface area contributed by atoms with E-state index in [-0.39, 0.29) is 5.97 Å². The summed E-state index contributed by atoms with van der Waals surface area (Å²) >= 11 is 0. The van der Waals surface area contributed by atoms with Gasteiger partial charge in [-0.25, -0.2) is 4.79 Å². The summed E-state index contributed by atoms with van der Waals surface area (Å²) in [6, 6.07) is 7.54. The van der Waals surface area contributed by atoms with Crippen LogP contribution in [-0.4, -0.2) is 13.1 Å². The van der Waals surface area contributed by atoms with Gasteiger partial charge < -0.3 is 14.5 Å². The second-order valence-electron chi connectivity index (χ2n) is 4.42. The minimum atomic E-state index is -0.345. The number of hydrogen-bond donors (Lipinski definition) is 1. The normalized spacial score (nSPS) is 10.3. The molecule has 4 heteroatoms. The molecule has 19 heavy (non-hydrogen) atoms. The van der Waals surface area contributed by atoms with E-state index in [0.29, 0.717) is 12.1 Å². The van der Waals surface area contributed by atoms with Crippen molar-refractivity contribution in [3.05, 3.63) is 53.0 Å². The van der Waals surface area contributed by atoms with Crippen molar-refractivity contribution in [1.29, 1.82) is 0 Å². The van der Waals surface area contributed by atoms with Gasteiger partial charge in [0.2, 0.25) is 0 Å². The molecule has 0 aliphatic heterocycles. The number of carbonyl (C=O) groups excluding carboxylic acids is 1. The van der Waals surface area contributed by atoms with Gasteiger partial charge in [-0.15, -0.1) is 0 Å². The van der Waals surface area contributed by atoms with E-state index in [4.69, 9.17) is 9.15 Å². The van der Waals surface area contributed by atoms with E-state index < -0.39 is 0 Å². The molecule has 0 saturated carbocycles. The standard InChI is InChI=1S/C15H17NO3/c1-10-4-5-13(12(8-10)15(17)18-3)16-9-14-11(2)6-7-19-14/h4-8,16H,9H2,1-3H3. The topological polar surface area (TPSA) is 51.5 Å². The lowest BCUT2D eigenvalue weighted by Crippen LogP contribution is -2.08. The molecule has 1 aromatic carbocycles. The van der Waals surface area contributed by atoms with Gasteiger partial charge in [0.25, 0.3) is 0 Å². The molecule has 100 valence electrons. The van der Waals surface area contributed by atoms with E-state index in [2.05, 4.69) is 5.32 Å². The molecule has 0 radical (unpaired) electrons. The van der Waals surface area contributed by atoms with Crippen LogP contribution < -0.4 is 5.32 Å². The summed E-state index contributed by atoms with van der Waals surface area (Å²) in [5, 5.41) is 3.20. The number of aryl methyl sites for hydroxylation is 2. The van der Waals surface area contributed by atoms with Crippen LogP contribution >= 0.6 is 0 Å². The molecule has 0 amide bonds. The predicted molar refractivity (Wildman–Crippen MR) is 73.3 cm³/mol. The summed E-state index contributed by atoms with van der Waals surface area (Å²) in [5.74, 6) is 0.513. The second kappa shape index (κ2) is 5.61. The van der Waals surface area contributed by atoms with Crippen LogP contribution in [0.25, 0.3) is 0 Å². The molecule has 4 nitrogen and oxygen atoms in total. The van der Waals surface area contributed by atoms with Crippen molar-refractivity contribution in [1.82, 2.24) is 0 Å². The Kier molecular flexibility index (Phi) is 3.90. The first kappa shape index (κ1) is 13.2. The first-order valence-corrected chi connectivity index (χ1v) is 6.07. The second-order valence-corrected chi connectivity index (χ2v) is 4.42. The van der Waals surface area contributed by atoms with Crippen LogP contribution in [0.1, 0.15) is 27.2 Å². The van der Waals surface area contributed by atoms with E-state index in [0.717, 1.165) is 22.6 Å². The van der Waals surface area contributed by atoms with Crippen LogP contribution in [0.2, 0.25) is 0 Å². The zero-order valence-corrected chi connectivity index (χ0v) is 11.3. The van der Waals surface area contributed by atoms with Crippen molar-refractivity contribution in [2.75, 3.05) is 12.4 Å². The summed E-state index contributed by atoms with van der Waals surface area (Å²) in [6.07, 6.45) is 1.66. The average molecular weight is 259 g/mol. The summed E-state index contributed by atoms with van der Waals surface area (Å²) in [4.78, 5) is 11.7. The van der Waals surface area contributed by atoms with Gasteiger partial charge in [-0.1, -0.05) is 11.6 Å². The van der Waals surface area contributed by atoms with E-state index in [1.165, 1.54) is 7.11 Å². The van der Waals surface area contributed by atoms with Crippen LogP contribution in [-0.2, 0) is 11.3 Å². The first-order valence-electron chi connectivity index (χ1n) is 6.07. The Labute approximate surface area is 112 Å². The number of hydrogen-bond acceptors (Lipinski definition) is 4. The van der Waals surface area contributed by atoms with Crippen molar-refractivity contribution >= 4 is 11.7 Å². The number of esters is 1. The van der Waals surface area contributed by atoms with Crippen molar-refractivity contribution < 1.29 is 13.9 Å².